The molecular weight excluding hydrogens is 330 g/mol. The number of thiophene rings is 1. The maximum Gasteiger partial charge on any atom is 0.0494 e. The smallest absolute Gasteiger partial charge is 0.0494 e. The monoisotopic (exact) mass is 351 g/mol. The highest BCUT2D eigenvalue weighted by Gasteiger charge is 2.15. The summed E-state index contributed by atoms with van der Waals surface area (Å²) < 4.78 is 1.20. The molecule has 0 atom stereocenters. The van der Waals surface area contributed by atoms with E-state index in [0.29, 0.717) is 0 Å². The summed E-state index contributed by atoms with van der Waals surface area (Å²) in [5.41, 5.74) is 3.98. The van der Waals surface area contributed by atoms with Gasteiger partial charge in [0.2, 0.25) is 0 Å². The molecule has 108 valence electrons. The molecule has 1 N–H and O–H groups in total. The van der Waals surface area contributed by atoms with E-state index in [-0.39, 0.29) is 5.41 Å². The van der Waals surface area contributed by atoms with Gasteiger partial charge in [0.15, 0.2) is 0 Å². The summed E-state index contributed by atoms with van der Waals surface area (Å²) in [5, 5.41) is 3.52. The lowest BCUT2D eigenvalue weighted by molar-refractivity contribution is 0.604. The fraction of sp³-hybridized carbons (Fsp3) is 0.412. The summed E-state index contributed by atoms with van der Waals surface area (Å²) in [5.74, 6) is 0. The fourth-order valence-corrected chi connectivity index (χ4v) is 3.35. The van der Waals surface area contributed by atoms with Crippen molar-refractivity contribution in [3.8, 4) is 0 Å². The van der Waals surface area contributed by atoms with Crippen molar-refractivity contribution >= 4 is 33.0 Å². The number of halogens is 1. The molecule has 2 aromatic rings. The van der Waals surface area contributed by atoms with E-state index in [1.165, 1.54) is 31.0 Å². The molecule has 1 heterocycles. The second-order valence-corrected chi connectivity index (χ2v) is 8.25. The van der Waals surface area contributed by atoms with Gasteiger partial charge < -0.3 is 5.32 Å². The van der Waals surface area contributed by atoms with Gasteiger partial charge in [-0.05, 0) is 54.7 Å². The fourth-order valence-electron chi connectivity index (χ4n) is 2.11. The molecular formula is C17H22BrNS. The Morgan fingerprint density at radius 1 is 1.10 bits per heavy atom. The van der Waals surface area contributed by atoms with Crippen LogP contribution in [0.25, 0.3) is 0 Å². The topological polar surface area (TPSA) is 12.0 Å². The predicted molar refractivity (Wildman–Crippen MR) is 94.0 cm³/mol. The molecule has 0 fully saturated rings. The van der Waals surface area contributed by atoms with Crippen molar-refractivity contribution in [2.24, 2.45) is 0 Å². The molecule has 20 heavy (non-hydrogen) atoms. The Kier molecular flexibility index (Phi) is 4.60. The Morgan fingerprint density at radius 3 is 2.20 bits per heavy atom. The first-order valence-electron chi connectivity index (χ1n) is 6.87. The highest BCUT2D eigenvalue weighted by Crippen LogP contribution is 2.30. The van der Waals surface area contributed by atoms with E-state index in [2.05, 4.69) is 80.1 Å². The molecule has 1 aromatic heterocycles. The van der Waals surface area contributed by atoms with Crippen LogP contribution in [0.1, 0.15) is 41.7 Å². The van der Waals surface area contributed by atoms with Crippen LogP contribution >= 0.6 is 27.3 Å². The minimum atomic E-state index is 0.244. The number of nitrogens with one attached hydrogen (secondary N) is 1. The van der Waals surface area contributed by atoms with Gasteiger partial charge in [-0.25, -0.2) is 0 Å². The lowest BCUT2D eigenvalue weighted by Crippen LogP contribution is -2.07. The van der Waals surface area contributed by atoms with Crippen LogP contribution < -0.4 is 5.32 Å². The van der Waals surface area contributed by atoms with Crippen molar-refractivity contribution in [3.63, 3.8) is 0 Å². The highest BCUT2D eigenvalue weighted by molar-refractivity contribution is 9.10. The van der Waals surface area contributed by atoms with E-state index in [4.69, 9.17) is 0 Å². The van der Waals surface area contributed by atoms with Gasteiger partial charge >= 0.3 is 0 Å². The van der Waals surface area contributed by atoms with Crippen LogP contribution in [0.4, 0.5) is 5.69 Å². The molecule has 0 aliphatic carbocycles. The van der Waals surface area contributed by atoms with Crippen molar-refractivity contribution in [3.05, 3.63) is 49.6 Å². The maximum atomic E-state index is 3.61. The zero-order chi connectivity index (χ0) is 14.9. The normalized spacial score (nSPS) is 11.7. The third-order valence-corrected chi connectivity index (χ3v) is 6.07. The Hall–Kier alpha value is -0.800. The molecule has 0 aliphatic heterocycles. The van der Waals surface area contributed by atoms with E-state index < -0.39 is 0 Å². The van der Waals surface area contributed by atoms with Crippen molar-refractivity contribution in [2.45, 2.75) is 46.6 Å². The molecule has 1 nitrogen and oxygen atoms in total. The highest BCUT2D eigenvalue weighted by atomic mass is 79.9. The quantitative estimate of drug-likeness (QED) is 0.710. The maximum absolute atomic E-state index is 3.61. The molecule has 0 unspecified atom stereocenters. The number of benzene rings is 1. The van der Waals surface area contributed by atoms with E-state index in [9.17, 15) is 0 Å². The van der Waals surface area contributed by atoms with E-state index in [1.54, 1.807) is 0 Å². The van der Waals surface area contributed by atoms with Gasteiger partial charge in [-0.1, -0.05) is 36.7 Å². The number of hydrogen-bond acceptors (Lipinski definition) is 2. The largest absolute Gasteiger partial charge is 0.380 e. The van der Waals surface area contributed by atoms with Crippen LogP contribution in [-0.4, -0.2) is 0 Å². The minimum Gasteiger partial charge on any atom is -0.380 e. The van der Waals surface area contributed by atoms with Crippen LogP contribution in [-0.2, 0) is 12.0 Å². The second-order valence-electron chi connectivity index (χ2n) is 6.29. The molecule has 0 radical (unpaired) electrons. The third kappa shape index (κ3) is 3.64. The van der Waals surface area contributed by atoms with Crippen LogP contribution in [0, 0.1) is 13.8 Å². The van der Waals surface area contributed by atoms with Crippen LogP contribution in [0.15, 0.2) is 28.7 Å². The average Bonchev–Trinajstić information content (AvgIpc) is 2.82. The molecule has 1 aromatic carbocycles. The van der Waals surface area contributed by atoms with Gasteiger partial charge in [0, 0.05) is 26.5 Å². The molecule has 0 bridgehead atoms. The van der Waals surface area contributed by atoms with Gasteiger partial charge in [0.1, 0.15) is 0 Å². The predicted octanol–water partition coefficient (Wildman–Crippen LogP) is 6.04. The van der Waals surface area contributed by atoms with Gasteiger partial charge in [0.25, 0.3) is 0 Å². The Morgan fingerprint density at radius 2 is 1.70 bits per heavy atom. The molecule has 3 heteroatoms. The van der Waals surface area contributed by atoms with E-state index in [1.807, 2.05) is 11.3 Å². The van der Waals surface area contributed by atoms with Crippen molar-refractivity contribution < 1.29 is 0 Å². The standard InChI is InChI=1S/C17H22BrNS/c1-11-8-13(9-12(2)16(11)18)19-10-14-6-7-15(20-14)17(3,4)5/h6-9,19H,10H2,1-5H3. The third-order valence-electron chi connectivity index (χ3n) is 3.30. The molecule has 0 saturated carbocycles. The lowest BCUT2D eigenvalue weighted by atomic mass is 9.95. The van der Waals surface area contributed by atoms with Gasteiger partial charge in [-0.15, -0.1) is 11.3 Å². The zero-order valence-corrected chi connectivity index (χ0v) is 15.2. The van der Waals surface area contributed by atoms with Crippen molar-refractivity contribution in [1.29, 1.82) is 0 Å². The first-order chi connectivity index (χ1) is 9.27. The molecule has 0 aliphatic rings. The summed E-state index contributed by atoms with van der Waals surface area (Å²) in [7, 11) is 0. The molecule has 2 rings (SSSR count). The first kappa shape index (κ1) is 15.6. The number of anilines is 1. The zero-order valence-electron chi connectivity index (χ0n) is 12.8. The number of aryl methyl sites for hydroxylation is 2. The van der Waals surface area contributed by atoms with Crippen molar-refractivity contribution in [2.75, 3.05) is 5.32 Å². The van der Waals surface area contributed by atoms with Crippen LogP contribution in [0.5, 0.6) is 0 Å². The lowest BCUT2D eigenvalue weighted by Gasteiger charge is -2.15. The number of hydrogen-bond donors (Lipinski definition) is 1. The van der Waals surface area contributed by atoms with Gasteiger partial charge in [-0.2, -0.15) is 0 Å². The molecule has 0 spiro atoms. The summed E-state index contributed by atoms with van der Waals surface area (Å²) in [4.78, 5) is 2.82. The molecule has 0 saturated heterocycles. The number of rotatable bonds is 3. The van der Waals surface area contributed by atoms with E-state index in [0.717, 1.165) is 6.54 Å². The Balaban J connectivity index is 2.08. The van der Waals surface area contributed by atoms with Crippen LogP contribution in [0.2, 0.25) is 0 Å². The van der Waals surface area contributed by atoms with Gasteiger partial charge in [0.05, 0.1) is 0 Å². The molecule has 0 amide bonds. The summed E-state index contributed by atoms with van der Waals surface area (Å²) >= 11 is 5.51. The first-order valence-corrected chi connectivity index (χ1v) is 8.48. The van der Waals surface area contributed by atoms with E-state index >= 15 is 0 Å². The summed E-state index contributed by atoms with van der Waals surface area (Å²) in [6.45, 7) is 11.9. The average molecular weight is 352 g/mol. The van der Waals surface area contributed by atoms with Crippen LogP contribution in [0.3, 0.4) is 0 Å². The SMILES string of the molecule is Cc1cc(NCc2ccc(C(C)(C)C)s2)cc(C)c1Br. The van der Waals surface area contributed by atoms with Crippen molar-refractivity contribution in [1.82, 2.24) is 0 Å². The Bertz CT molecular complexity index is 585. The summed E-state index contributed by atoms with van der Waals surface area (Å²) in [6, 6.07) is 8.86. The summed E-state index contributed by atoms with van der Waals surface area (Å²) in [6.07, 6.45) is 0. The van der Waals surface area contributed by atoms with Gasteiger partial charge in [-0.3, -0.25) is 0 Å². The second kappa shape index (κ2) is 5.90. The Labute approximate surface area is 134 Å². The minimum absolute atomic E-state index is 0.244.